The van der Waals surface area contributed by atoms with Gasteiger partial charge >= 0.3 is 11.9 Å². The summed E-state index contributed by atoms with van der Waals surface area (Å²) in [6, 6.07) is 22.6. The van der Waals surface area contributed by atoms with E-state index in [2.05, 4.69) is 45.2 Å². The molecule has 0 bridgehead atoms. The van der Waals surface area contributed by atoms with E-state index >= 15 is 0 Å². The number of fused-ring (bicyclic) bond motifs is 2. The van der Waals surface area contributed by atoms with Crippen molar-refractivity contribution in [2.24, 2.45) is 0 Å². The average molecular weight is 578 g/mol. The van der Waals surface area contributed by atoms with E-state index in [1.54, 1.807) is 12.1 Å². The zero-order chi connectivity index (χ0) is 19.0. The van der Waals surface area contributed by atoms with Gasteiger partial charge < -0.3 is 4.74 Å². The Hall–Kier alpha value is -2.00. The number of esters is 2. The summed E-state index contributed by atoms with van der Waals surface area (Å²) in [5.74, 6) is -1.28. The van der Waals surface area contributed by atoms with Crippen molar-refractivity contribution >= 4 is 78.7 Å². The third kappa shape index (κ3) is 3.70. The highest BCUT2D eigenvalue weighted by Crippen LogP contribution is 2.26. The SMILES string of the molecule is O=C(OC(=O)c1cc(I)cc2ccccc12)c1cc(I)cc2ccccc12. The van der Waals surface area contributed by atoms with Crippen LogP contribution in [-0.2, 0) is 4.74 Å². The molecule has 0 amide bonds. The Morgan fingerprint density at radius 3 is 1.48 bits per heavy atom. The molecule has 3 nitrogen and oxygen atoms in total. The molecule has 0 heterocycles. The van der Waals surface area contributed by atoms with Gasteiger partial charge in [-0.15, -0.1) is 0 Å². The van der Waals surface area contributed by atoms with Crippen LogP contribution in [0.15, 0.2) is 72.8 Å². The van der Waals surface area contributed by atoms with Crippen LogP contribution in [-0.4, -0.2) is 11.9 Å². The Morgan fingerprint density at radius 2 is 1.04 bits per heavy atom. The summed E-state index contributed by atoms with van der Waals surface area (Å²) in [6.07, 6.45) is 0. The molecule has 0 unspecified atom stereocenters. The van der Waals surface area contributed by atoms with Gasteiger partial charge in [0.1, 0.15) is 0 Å². The Bertz CT molecular complexity index is 1120. The minimum absolute atomic E-state index is 0.390. The van der Waals surface area contributed by atoms with Gasteiger partial charge in [-0.05, 0) is 91.0 Å². The Labute approximate surface area is 183 Å². The molecule has 0 saturated heterocycles. The van der Waals surface area contributed by atoms with Crippen LogP contribution in [0.4, 0.5) is 0 Å². The number of carbonyl (C=O) groups is 2. The van der Waals surface area contributed by atoms with Crippen LogP contribution in [0, 0.1) is 7.14 Å². The molecule has 0 saturated carbocycles. The van der Waals surface area contributed by atoms with Crippen molar-refractivity contribution < 1.29 is 14.3 Å². The van der Waals surface area contributed by atoms with Gasteiger partial charge in [0.2, 0.25) is 0 Å². The third-order valence-corrected chi connectivity index (χ3v) is 5.52. The van der Waals surface area contributed by atoms with Crippen molar-refractivity contribution in [1.82, 2.24) is 0 Å². The first-order valence-corrected chi connectivity index (χ1v) is 10.3. The van der Waals surface area contributed by atoms with Crippen molar-refractivity contribution in [2.45, 2.75) is 0 Å². The fourth-order valence-corrected chi connectivity index (χ4v) is 4.37. The zero-order valence-electron chi connectivity index (χ0n) is 13.9. The van der Waals surface area contributed by atoms with Gasteiger partial charge in [0, 0.05) is 7.14 Å². The Morgan fingerprint density at radius 1 is 0.630 bits per heavy atom. The Balaban J connectivity index is 1.74. The van der Waals surface area contributed by atoms with Crippen LogP contribution in [0.25, 0.3) is 21.5 Å². The highest BCUT2D eigenvalue weighted by molar-refractivity contribution is 14.1. The fraction of sp³-hybridized carbons (Fsp3) is 0. The maximum Gasteiger partial charge on any atom is 0.346 e. The van der Waals surface area contributed by atoms with E-state index in [1.807, 2.05) is 60.7 Å². The second-order valence-electron chi connectivity index (χ2n) is 6.03. The van der Waals surface area contributed by atoms with E-state index in [0.29, 0.717) is 11.1 Å². The molecule has 4 aromatic rings. The second kappa shape index (κ2) is 7.55. The quantitative estimate of drug-likeness (QED) is 0.162. The first-order valence-electron chi connectivity index (χ1n) is 8.16. The molecule has 0 aliphatic rings. The van der Waals surface area contributed by atoms with Gasteiger partial charge in [-0.25, -0.2) is 9.59 Å². The van der Waals surface area contributed by atoms with Crippen LogP contribution < -0.4 is 0 Å². The van der Waals surface area contributed by atoms with E-state index in [9.17, 15) is 9.59 Å². The predicted molar refractivity (Wildman–Crippen MR) is 123 cm³/mol. The highest BCUT2D eigenvalue weighted by Gasteiger charge is 2.20. The molecule has 0 radical (unpaired) electrons. The van der Waals surface area contributed by atoms with Gasteiger partial charge in [0.25, 0.3) is 0 Å². The van der Waals surface area contributed by atoms with E-state index in [-0.39, 0.29) is 0 Å². The predicted octanol–water partition coefficient (Wildman–Crippen LogP) is 6.20. The summed E-state index contributed by atoms with van der Waals surface area (Å²) in [7, 11) is 0. The normalized spacial score (nSPS) is 10.9. The monoisotopic (exact) mass is 578 g/mol. The lowest BCUT2D eigenvalue weighted by atomic mass is 10.0. The number of ether oxygens (including phenoxy) is 1. The molecule has 0 spiro atoms. The van der Waals surface area contributed by atoms with Gasteiger partial charge in [-0.1, -0.05) is 48.5 Å². The summed E-state index contributed by atoms with van der Waals surface area (Å²) >= 11 is 4.31. The maximum atomic E-state index is 12.8. The first-order chi connectivity index (χ1) is 13.0. The molecule has 0 aliphatic heterocycles. The molecule has 4 rings (SSSR count). The van der Waals surface area contributed by atoms with E-state index < -0.39 is 11.9 Å². The number of hydrogen-bond donors (Lipinski definition) is 0. The van der Waals surface area contributed by atoms with Gasteiger partial charge in [0.05, 0.1) is 11.1 Å². The number of hydrogen-bond acceptors (Lipinski definition) is 3. The molecule has 27 heavy (non-hydrogen) atoms. The fourth-order valence-electron chi connectivity index (χ4n) is 3.08. The molecular formula is C22H12I2O3. The van der Waals surface area contributed by atoms with Crippen LogP contribution in [0.3, 0.4) is 0 Å². The summed E-state index contributed by atoms with van der Waals surface area (Å²) in [5.41, 5.74) is 0.779. The summed E-state index contributed by atoms with van der Waals surface area (Å²) < 4.78 is 7.08. The van der Waals surface area contributed by atoms with Crippen molar-refractivity contribution in [3.8, 4) is 0 Å². The Kier molecular flexibility index (Phi) is 5.14. The number of halogens is 2. The largest absolute Gasteiger partial charge is 0.386 e. The number of rotatable bonds is 2. The lowest BCUT2D eigenvalue weighted by Gasteiger charge is -2.09. The number of benzene rings is 4. The van der Waals surface area contributed by atoms with Crippen molar-refractivity contribution in [3.05, 3.63) is 91.1 Å². The van der Waals surface area contributed by atoms with E-state index in [1.165, 1.54) is 0 Å². The minimum Gasteiger partial charge on any atom is -0.386 e. The lowest BCUT2D eigenvalue weighted by molar-refractivity contribution is 0.0400. The second-order valence-corrected chi connectivity index (χ2v) is 8.52. The van der Waals surface area contributed by atoms with Crippen LogP contribution in [0.2, 0.25) is 0 Å². The smallest absolute Gasteiger partial charge is 0.346 e. The van der Waals surface area contributed by atoms with Gasteiger partial charge in [-0.3, -0.25) is 0 Å². The molecule has 0 atom stereocenters. The van der Waals surface area contributed by atoms with E-state index in [4.69, 9.17) is 4.74 Å². The molecule has 5 heteroatoms. The summed E-state index contributed by atoms with van der Waals surface area (Å²) in [5, 5.41) is 3.40. The molecule has 0 N–H and O–H groups in total. The zero-order valence-corrected chi connectivity index (χ0v) is 18.2. The summed E-state index contributed by atoms with van der Waals surface area (Å²) in [4.78, 5) is 25.5. The van der Waals surface area contributed by atoms with Crippen molar-refractivity contribution in [1.29, 1.82) is 0 Å². The van der Waals surface area contributed by atoms with Gasteiger partial charge in [-0.2, -0.15) is 0 Å². The first kappa shape index (κ1) is 18.4. The van der Waals surface area contributed by atoms with Crippen LogP contribution >= 0.6 is 45.2 Å². The van der Waals surface area contributed by atoms with Gasteiger partial charge in [0.15, 0.2) is 0 Å². The lowest BCUT2D eigenvalue weighted by Crippen LogP contribution is -2.14. The van der Waals surface area contributed by atoms with Crippen LogP contribution in [0.5, 0.6) is 0 Å². The molecule has 0 aromatic heterocycles. The number of carbonyl (C=O) groups excluding carboxylic acids is 2. The van der Waals surface area contributed by atoms with Crippen LogP contribution in [0.1, 0.15) is 20.7 Å². The molecule has 132 valence electrons. The van der Waals surface area contributed by atoms with E-state index in [0.717, 1.165) is 28.7 Å². The topological polar surface area (TPSA) is 43.4 Å². The molecule has 4 aromatic carbocycles. The maximum absolute atomic E-state index is 12.8. The molecule has 0 aliphatic carbocycles. The van der Waals surface area contributed by atoms with Crippen molar-refractivity contribution in [3.63, 3.8) is 0 Å². The average Bonchev–Trinajstić information content (AvgIpc) is 2.66. The summed E-state index contributed by atoms with van der Waals surface area (Å²) in [6.45, 7) is 0. The third-order valence-electron chi connectivity index (χ3n) is 4.28. The highest BCUT2D eigenvalue weighted by atomic mass is 127. The molecular weight excluding hydrogens is 566 g/mol. The van der Waals surface area contributed by atoms with Crippen molar-refractivity contribution in [2.75, 3.05) is 0 Å². The standard InChI is InChI=1S/C22H12I2O3/c23-15-9-13-5-1-3-7-17(13)19(11-15)21(25)27-22(26)20-12-16(24)10-14-6-2-4-8-18(14)20/h1-12H. The molecule has 0 fully saturated rings. The minimum atomic E-state index is -0.641.